The van der Waals surface area contributed by atoms with Gasteiger partial charge in [0, 0.05) is 19.6 Å². The second-order valence-electron chi connectivity index (χ2n) is 3.42. The minimum absolute atomic E-state index is 0.292. The van der Waals surface area contributed by atoms with E-state index in [4.69, 9.17) is 10.00 Å². The van der Waals surface area contributed by atoms with E-state index < -0.39 is 5.60 Å². The van der Waals surface area contributed by atoms with Gasteiger partial charge < -0.3 is 9.84 Å². The molecule has 0 amide bonds. The zero-order chi connectivity index (χ0) is 9.03. The highest BCUT2D eigenvalue weighted by Crippen LogP contribution is 2.28. The minimum Gasteiger partial charge on any atom is -0.388 e. The summed E-state index contributed by atoms with van der Waals surface area (Å²) in [5.74, 6) is -0.292. The van der Waals surface area contributed by atoms with E-state index in [0.717, 1.165) is 6.42 Å². The molecular formula is C9H15NO2. The predicted molar refractivity (Wildman–Crippen MR) is 44.4 cm³/mol. The fraction of sp³-hybridized carbons (Fsp3) is 0.889. The first-order valence-electron chi connectivity index (χ1n) is 4.39. The Morgan fingerprint density at radius 2 is 2.25 bits per heavy atom. The van der Waals surface area contributed by atoms with Crippen molar-refractivity contribution in [3.8, 4) is 6.07 Å². The number of aliphatic hydroxyl groups is 1. The summed E-state index contributed by atoms with van der Waals surface area (Å²) in [6.45, 7) is 3.05. The molecule has 0 aromatic heterocycles. The van der Waals surface area contributed by atoms with Crippen LogP contribution in [0.3, 0.4) is 0 Å². The van der Waals surface area contributed by atoms with Crippen molar-refractivity contribution in [2.75, 3.05) is 13.2 Å². The molecule has 1 aliphatic rings. The molecule has 0 aliphatic carbocycles. The summed E-state index contributed by atoms with van der Waals surface area (Å²) in [6.07, 6.45) is 2.12. The average molecular weight is 169 g/mol. The topological polar surface area (TPSA) is 53.2 Å². The summed E-state index contributed by atoms with van der Waals surface area (Å²) in [5.41, 5.74) is -0.814. The molecule has 68 valence electrons. The van der Waals surface area contributed by atoms with Crippen LogP contribution < -0.4 is 0 Å². The quantitative estimate of drug-likeness (QED) is 0.639. The third kappa shape index (κ3) is 1.96. The largest absolute Gasteiger partial charge is 0.388 e. The molecule has 3 nitrogen and oxygen atoms in total. The third-order valence-corrected chi connectivity index (χ3v) is 2.58. The second kappa shape index (κ2) is 3.88. The molecule has 0 saturated carbocycles. The van der Waals surface area contributed by atoms with Gasteiger partial charge >= 0.3 is 0 Å². The van der Waals surface area contributed by atoms with Crippen LogP contribution in [0.4, 0.5) is 0 Å². The summed E-state index contributed by atoms with van der Waals surface area (Å²) in [7, 11) is 0. The monoisotopic (exact) mass is 169 g/mol. The Bertz CT molecular complexity index is 177. The predicted octanol–water partition coefficient (Wildman–Crippen LogP) is 1.08. The molecule has 2 unspecified atom stereocenters. The SMILES string of the molecule is CC(C#N)C1(O)CCCOCC1. The molecule has 1 heterocycles. The summed E-state index contributed by atoms with van der Waals surface area (Å²) in [6, 6.07) is 2.10. The molecule has 1 rings (SSSR count). The van der Waals surface area contributed by atoms with Gasteiger partial charge in [-0.1, -0.05) is 0 Å². The van der Waals surface area contributed by atoms with E-state index in [1.807, 2.05) is 0 Å². The van der Waals surface area contributed by atoms with Crippen molar-refractivity contribution in [3.63, 3.8) is 0 Å². The fourth-order valence-electron chi connectivity index (χ4n) is 1.51. The molecule has 0 aromatic carbocycles. The first-order chi connectivity index (χ1) is 5.69. The summed E-state index contributed by atoms with van der Waals surface area (Å²) in [4.78, 5) is 0. The standard InChI is InChI=1S/C9H15NO2/c1-8(7-10)9(11)3-2-5-12-6-4-9/h8,11H,2-6H2,1H3. The molecule has 0 aromatic rings. The lowest BCUT2D eigenvalue weighted by molar-refractivity contribution is -0.0105. The van der Waals surface area contributed by atoms with Crippen molar-refractivity contribution in [3.05, 3.63) is 0 Å². The van der Waals surface area contributed by atoms with E-state index >= 15 is 0 Å². The van der Waals surface area contributed by atoms with Crippen molar-refractivity contribution in [2.24, 2.45) is 5.92 Å². The van der Waals surface area contributed by atoms with Crippen LogP contribution >= 0.6 is 0 Å². The normalized spacial score (nSPS) is 33.4. The zero-order valence-corrected chi connectivity index (χ0v) is 7.42. The molecular weight excluding hydrogens is 154 g/mol. The molecule has 2 atom stereocenters. The van der Waals surface area contributed by atoms with E-state index in [1.54, 1.807) is 6.92 Å². The van der Waals surface area contributed by atoms with Crippen LogP contribution in [0.5, 0.6) is 0 Å². The molecule has 0 radical (unpaired) electrons. The maximum absolute atomic E-state index is 10.0. The van der Waals surface area contributed by atoms with Crippen LogP contribution in [0, 0.1) is 17.2 Å². The lowest BCUT2D eigenvalue weighted by Gasteiger charge is -2.28. The van der Waals surface area contributed by atoms with Gasteiger partial charge in [0.1, 0.15) is 0 Å². The third-order valence-electron chi connectivity index (χ3n) is 2.58. The molecule has 1 aliphatic heterocycles. The lowest BCUT2D eigenvalue weighted by atomic mass is 9.83. The Balaban J connectivity index is 2.61. The van der Waals surface area contributed by atoms with Gasteiger partial charge in [-0.05, 0) is 19.8 Å². The van der Waals surface area contributed by atoms with Crippen molar-refractivity contribution >= 4 is 0 Å². The maximum Gasteiger partial charge on any atom is 0.0825 e. The molecule has 0 bridgehead atoms. The summed E-state index contributed by atoms with van der Waals surface area (Å²) in [5, 5.41) is 18.7. The first kappa shape index (κ1) is 9.50. The summed E-state index contributed by atoms with van der Waals surface area (Å²) >= 11 is 0. The number of hydrogen-bond donors (Lipinski definition) is 1. The van der Waals surface area contributed by atoms with Gasteiger partial charge in [-0.2, -0.15) is 5.26 Å². The van der Waals surface area contributed by atoms with Gasteiger partial charge in [0.2, 0.25) is 0 Å². The van der Waals surface area contributed by atoms with Crippen molar-refractivity contribution < 1.29 is 9.84 Å². The fourth-order valence-corrected chi connectivity index (χ4v) is 1.51. The van der Waals surface area contributed by atoms with E-state index in [0.29, 0.717) is 26.1 Å². The van der Waals surface area contributed by atoms with Gasteiger partial charge in [-0.3, -0.25) is 0 Å². The average Bonchev–Trinajstić information content (AvgIpc) is 2.29. The van der Waals surface area contributed by atoms with Crippen molar-refractivity contribution in [2.45, 2.75) is 31.8 Å². The second-order valence-corrected chi connectivity index (χ2v) is 3.42. The van der Waals surface area contributed by atoms with Crippen LogP contribution in [0.1, 0.15) is 26.2 Å². The Morgan fingerprint density at radius 1 is 1.50 bits per heavy atom. The van der Waals surface area contributed by atoms with Crippen LogP contribution in [0.15, 0.2) is 0 Å². The number of hydrogen-bond acceptors (Lipinski definition) is 3. The smallest absolute Gasteiger partial charge is 0.0825 e. The Kier molecular flexibility index (Phi) is 3.07. The lowest BCUT2D eigenvalue weighted by Crippen LogP contribution is -2.35. The Morgan fingerprint density at radius 3 is 2.92 bits per heavy atom. The van der Waals surface area contributed by atoms with Gasteiger partial charge in [0.25, 0.3) is 0 Å². The van der Waals surface area contributed by atoms with Crippen molar-refractivity contribution in [1.29, 1.82) is 5.26 Å². The maximum atomic E-state index is 10.0. The van der Waals surface area contributed by atoms with E-state index in [9.17, 15) is 5.11 Å². The van der Waals surface area contributed by atoms with Crippen LogP contribution in [0.25, 0.3) is 0 Å². The number of nitriles is 1. The molecule has 1 fully saturated rings. The first-order valence-corrected chi connectivity index (χ1v) is 4.39. The number of rotatable bonds is 1. The molecule has 12 heavy (non-hydrogen) atoms. The molecule has 0 spiro atoms. The molecule has 1 N–H and O–H groups in total. The van der Waals surface area contributed by atoms with Crippen LogP contribution in [-0.2, 0) is 4.74 Å². The summed E-state index contributed by atoms with van der Waals surface area (Å²) < 4.78 is 5.22. The number of ether oxygens (including phenoxy) is 1. The van der Waals surface area contributed by atoms with Gasteiger partial charge in [0.05, 0.1) is 17.6 Å². The van der Waals surface area contributed by atoms with Gasteiger partial charge in [0.15, 0.2) is 0 Å². The highest BCUT2D eigenvalue weighted by molar-refractivity contribution is 4.96. The van der Waals surface area contributed by atoms with Crippen molar-refractivity contribution in [1.82, 2.24) is 0 Å². The van der Waals surface area contributed by atoms with Crippen LogP contribution in [0.2, 0.25) is 0 Å². The molecule has 1 saturated heterocycles. The van der Waals surface area contributed by atoms with Gasteiger partial charge in [-0.25, -0.2) is 0 Å². The van der Waals surface area contributed by atoms with Gasteiger partial charge in [-0.15, -0.1) is 0 Å². The van der Waals surface area contributed by atoms with E-state index in [2.05, 4.69) is 6.07 Å². The minimum atomic E-state index is -0.814. The Labute approximate surface area is 73.0 Å². The Hall–Kier alpha value is -0.590. The highest BCUT2D eigenvalue weighted by atomic mass is 16.5. The molecule has 3 heteroatoms. The van der Waals surface area contributed by atoms with E-state index in [-0.39, 0.29) is 5.92 Å². The zero-order valence-electron chi connectivity index (χ0n) is 7.42. The highest BCUT2D eigenvalue weighted by Gasteiger charge is 2.34. The van der Waals surface area contributed by atoms with Crippen LogP contribution in [-0.4, -0.2) is 23.9 Å². The number of nitrogens with zero attached hydrogens (tertiary/aromatic N) is 1. The van der Waals surface area contributed by atoms with E-state index in [1.165, 1.54) is 0 Å².